The van der Waals surface area contributed by atoms with Crippen molar-refractivity contribution in [2.24, 2.45) is 5.41 Å². The Morgan fingerprint density at radius 2 is 2.22 bits per heavy atom. The van der Waals surface area contributed by atoms with E-state index in [0.717, 1.165) is 24.2 Å². The summed E-state index contributed by atoms with van der Waals surface area (Å²) in [5, 5.41) is 12.1. The van der Waals surface area contributed by atoms with E-state index in [2.05, 4.69) is 5.32 Å². The maximum Gasteiger partial charge on any atom is 0.261 e. The van der Waals surface area contributed by atoms with Gasteiger partial charge in [-0.3, -0.25) is 4.79 Å². The van der Waals surface area contributed by atoms with Gasteiger partial charge in [0.25, 0.3) is 5.91 Å². The van der Waals surface area contributed by atoms with Crippen LogP contribution in [0.5, 0.6) is 5.75 Å². The highest BCUT2D eigenvalue weighted by Gasteiger charge is 2.42. The van der Waals surface area contributed by atoms with Crippen LogP contribution in [0.3, 0.4) is 0 Å². The summed E-state index contributed by atoms with van der Waals surface area (Å²) in [6, 6.07) is 7.73. The van der Waals surface area contributed by atoms with E-state index in [9.17, 15) is 9.90 Å². The second-order valence-electron chi connectivity index (χ2n) is 5.29. The summed E-state index contributed by atoms with van der Waals surface area (Å²) >= 11 is 0. The Hall–Kier alpha value is -1.55. The van der Waals surface area contributed by atoms with Crippen LogP contribution < -0.4 is 10.1 Å². The van der Waals surface area contributed by atoms with Crippen molar-refractivity contribution in [2.75, 3.05) is 13.2 Å². The lowest BCUT2D eigenvalue weighted by atomic mass is 10.1. The molecule has 1 fully saturated rings. The number of fused-ring (bicyclic) bond motifs is 1. The normalized spacial score (nSPS) is 23.1. The fourth-order valence-electron chi connectivity index (χ4n) is 2.28. The molecule has 1 aromatic carbocycles. The molecule has 1 amide bonds. The van der Waals surface area contributed by atoms with E-state index in [0.29, 0.717) is 13.0 Å². The van der Waals surface area contributed by atoms with Gasteiger partial charge in [0.2, 0.25) is 0 Å². The van der Waals surface area contributed by atoms with Gasteiger partial charge in [0.1, 0.15) is 5.75 Å². The predicted molar refractivity (Wildman–Crippen MR) is 66.3 cm³/mol. The van der Waals surface area contributed by atoms with Gasteiger partial charge in [-0.2, -0.15) is 0 Å². The molecule has 2 aliphatic rings. The zero-order valence-electron chi connectivity index (χ0n) is 10.2. The molecule has 1 unspecified atom stereocenters. The lowest BCUT2D eigenvalue weighted by Crippen LogP contribution is -2.40. The topological polar surface area (TPSA) is 58.6 Å². The van der Waals surface area contributed by atoms with E-state index < -0.39 is 6.10 Å². The standard InChI is InChI=1S/C14H17NO3/c16-9-14(5-6-14)8-15-13(17)12-7-10-3-1-2-4-11(10)18-12/h1-4,12,16H,5-9H2,(H,15,17). The summed E-state index contributed by atoms with van der Waals surface area (Å²) < 4.78 is 5.61. The highest BCUT2D eigenvalue weighted by atomic mass is 16.5. The summed E-state index contributed by atoms with van der Waals surface area (Å²) in [6.45, 7) is 0.706. The highest BCUT2D eigenvalue weighted by molar-refractivity contribution is 5.82. The van der Waals surface area contributed by atoms with Crippen LogP contribution in [0.25, 0.3) is 0 Å². The number of hydrogen-bond donors (Lipinski definition) is 2. The van der Waals surface area contributed by atoms with Crippen LogP contribution >= 0.6 is 0 Å². The third kappa shape index (κ3) is 2.08. The first-order chi connectivity index (χ1) is 8.72. The molecule has 0 aromatic heterocycles. The zero-order valence-corrected chi connectivity index (χ0v) is 10.2. The van der Waals surface area contributed by atoms with E-state index in [1.165, 1.54) is 0 Å². The molecule has 4 nitrogen and oxygen atoms in total. The highest BCUT2D eigenvalue weighted by Crippen LogP contribution is 2.44. The van der Waals surface area contributed by atoms with Crippen molar-refractivity contribution >= 4 is 5.91 Å². The maximum atomic E-state index is 12.0. The summed E-state index contributed by atoms with van der Waals surface area (Å²) in [7, 11) is 0. The number of aliphatic hydroxyl groups excluding tert-OH is 1. The largest absolute Gasteiger partial charge is 0.480 e. The molecule has 2 N–H and O–H groups in total. The smallest absolute Gasteiger partial charge is 0.261 e. The molecule has 1 heterocycles. The minimum atomic E-state index is -0.420. The van der Waals surface area contributed by atoms with Gasteiger partial charge in [0.05, 0.1) is 6.61 Å². The van der Waals surface area contributed by atoms with Crippen LogP contribution in [0.4, 0.5) is 0 Å². The summed E-state index contributed by atoms with van der Waals surface area (Å²) in [5.41, 5.74) is 1.03. The van der Waals surface area contributed by atoms with E-state index in [-0.39, 0.29) is 17.9 Å². The van der Waals surface area contributed by atoms with Crippen molar-refractivity contribution in [3.63, 3.8) is 0 Å². The average molecular weight is 247 g/mol. The number of para-hydroxylation sites is 1. The van der Waals surface area contributed by atoms with Crippen molar-refractivity contribution in [3.05, 3.63) is 29.8 Å². The summed E-state index contributed by atoms with van der Waals surface area (Å²) in [6.07, 6.45) is 2.20. The fraction of sp³-hybridized carbons (Fsp3) is 0.500. The molecule has 1 saturated carbocycles. The number of nitrogens with one attached hydrogen (secondary N) is 1. The molecule has 1 aromatic rings. The van der Waals surface area contributed by atoms with Crippen molar-refractivity contribution < 1.29 is 14.6 Å². The van der Waals surface area contributed by atoms with E-state index in [1.54, 1.807) is 0 Å². The minimum absolute atomic E-state index is 0.0544. The molecule has 0 saturated heterocycles. The van der Waals surface area contributed by atoms with Crippen LogP contribution in [-0.2, 0) is 11.2 Å². The molecule has 0 radical (unpaired) electrons. The summed E-state index contributed by atoms with van der Waals surface area (Å²) in [4.78, 5) is 12.0. The number of rotatable bonds is 4. The molecule has 0 bridgehead atoms. The molecule has 4 heteroatoms. The molecule has 1 atom stereocenters. The maximum absolute atomic E-state index is 12.0. The minimum Gasteiger partial charge on any atom is -0.480 e. The van der Waals surface area contributed by atoms with E-state index >= 15 is 0 Å². The zero-order chi connectivity index (χ0) is 12.6. The van der Waals surface area contributed by atoms with Gasteiger partial charge < -0.3 is 15.2 Å². The Morgan fingerprint density at radius 1 is 1.44 bits per heavy atom. The lowest BCUT2D eigenvalue weighted by molar-refractivity contribution is -0.127. The van der Waals surface area contributed by atoms with E-state index in [1.807, 2.05) is 24.3 Å². The van der Waals surface area contributed by atoms with Crippen LogP contribution in [0.15, 0.2) is 24.3 Å². The van der Waals surface area contributed by atoms with Crippen molar-refractivity contribution in [1.82, 2.24) is 5.32 Å². The first-order valence-electron chi connectivity index (χ1n) is 6.36. The molecule has 0 spiro atoms. The van der Waals surface area contributed by atoms with Gasteiger partial charge in [-0.05, 0) is 24.5 Å². The molecule has 18 heavy (non-hydrogen) atoms. The van der Waals surface area contributed by atoms with Crippen LogP contribution in [0.1, 0.15) is 18.4 Å². The van der Waals surface area contributed by atoms with Gasteiger partial charge in [0.15, 0.2) is 6.10 Å². The molecular weight excluding hydrogens is 230 g/mol. The Labute approximate surface area is 106 Å². The van der Waals surface area contributed by atoms with Crippen molar-refractivity contribution in [1.29, 1.82) is 0 Å². The predicted octanol–water partition coefficient (Wildman–Crippen LogP) is 0.879. The van der Waals surface area contributed by atoms with Gasteiger partial charge in [-0.1, -0.05) is 18.2 Å². The fourth-order valence-corrected chi connectivity index (χ4v) is 2.28. The van der Waals surface area contributed by atoms with Crippen LogP contribution in [0.2, 0.25) is 0 Å². The van der Waals surface area contributed by atoms with Crippen molar-refractivity contribution in [2.45, 2.75) is 25.4 Å². The second kappa shape index (κ2) is 4.28. The van der Waals surface area contributed by atoms with E-state index in [4.69, 9.17) is 4.74 Å². The Kier molecular flexibility index (Phi) is 2.74. The monoisotopic (exact) mass is 247 g/mol. The molecule has 96 valence electrons. The molecule has 1 aliphatic carbocycles. The number of amides is 1. The van der Waals surface area contributed by atoms with Gasteiger partial charge in [-0.25, -0.2) is 0 Å². The van der Waals surface area contributed by atoms with Crippen LogP contribution in [0, 0.1) is 5.41 Å². The number of hydrogen-bond acceptors (Lipinski definition) is 3. The third-order valence-corrected chi connectivity index (χ3v) is 3.87. The SMILES string of the molecule is O=C(NCC1(CO)CC1)C1Cc2ccccc2O1. The molecular formula is C14H17NO3. The number of benzene rings is 1. The Morgan fingerprint density at radius 3 is 2.89 bits per heavy atom. The Balaban J connectivity index is 1.56. The van der Waals surface area contributed by atoms with Crippen molar-refractivity contribution in [3.8, 4) is 5.75 Å². The number of ether oxygens (including phenoxy) is 1. The first-order valence-corrected chi connectivity index (χ1v) is 6.36. The lowest BCUT2D eigenvalue weighted by Gasteiger charge is -2.15. The quantitative estimate of drug-likeness (QED) is 0.830. The number of carbonyl (C=O) groups excluding carboxylic acids is 1. The van der Waals surface area contributed by atoms with Crippen LogP contribution in [-0.4, -0.2) is 30.3 Å². The number of carbonyl (C=O) groups is 1. The second-order valence-corrected chi connectivity index (χ2v) is 5.29. The number of aliphatic hydroxyl groups is 1. The third-order valence-electron chi connectivity index (χ3n) is 3.87. The molecule has 1 aliphatic heterocycles. The van der Waals surface area contributed by atoms with Gasteiger partial charge in [0, 0.05) is 18.4 Å². The average Bonchev–Trinajstić information content (AvgIpc) is 3.05. The molecule has 3 rings (SSSR count). The summed E-state index contributed by atoms with van der Waals surface area (Å²) in [5.74, 6) is 0.729. The first kappa shape index (κ1) is 11.5. The van der Waals surface area contributed by atoms with Gasteiger partial charge >= 0.3 is 0 Å². The Bertz CT molecular complexity index is 443. The van der Waals surface area contributed by atoms with Gasteiger partial charge in [-0.15, -0.1) is 0 Å².